The fraction of sp³-hybridized carbons (Fsp3) is 0.0357. The highest BCUT2D eigenvalue weighted by molar-refractivity contribution is 7.80. The van der Waals surface area contributed by atoms with Crippen LogP contribution in [0.15, 0.2) is 81.6 Å². The van der Waals surface area contributed by atoms with Gasteiger partial charge in [0.1, 0.15) is 17.0 Å². The van der Waals surface area contributed by atoms with Crippen LogP contribution >= 0.6 is 47.0 Å². The quantitative estimate of drug-likeness (QED) is 0.160. The molecule has 190 valence electrons. The molecule has 0 radical (unpaired) electrons. The lowest BCUT2D eigenvalue weighted by Crippen LogP contribution is -2.32. The summed E-state index contributed by atoms with van der Waals surface area (Å²) >= 11 is 23.8. The van der Waals surface area contributed by atoms with Crippen molar-refractivity contribution in [3.8, 4) is 22.8 Å². The number of nitrogens with one attached hydrogen (secondary N) is 2. The van der Waals surface area contributed by atoms with E-state index in [2.05, 4.69) is 15.6 Å². The molecular formula is C28H18Cl3N3O3S. The maximum atomic E-state index is 12.4. The van der Waals surface area contributed by atoms with E-state index < -0.39 is 5.91 Å². The molecule has 0 fully saturated rings. The van der Waals surface area contributed by atoms with E-state index in [9.17, 15) is 4.79 Å². The predicted octanol–water partition coefficient (Wildman–Crippen LogP) is 8.55. The minimum Gasteiger partial charge on any atom is -0.457 e. The predicted molar refractivity (Wildman–Crippen MR) is 157 cm³/mol. The molecule has 5 rings (SSSR count). The van der Waals surface area contributed by atoms with Crippen LogP contribution in [0, 0.1) is 6.92 Å². The van der Waals surface area contributed by atoms with Gasteiger partial charge >= 0.3 is 0 Å². The average molecular weight is 583 g/mol. The second-order valence-corrected chi connectivity index (χ2v) is 10.0. The number of thiocarbonyl (C=S) groups is 1. The van der Waals surface area contributed by atoms with Gasteiger partial charge in [0.2, 0.25) is 11.8 Å². The molecule has 10 heteroatoms. The number of fused-ring (bicyclic) bond motifs is 1. The van der Waals surface area contributed by atoms with Crippen LogP contribution in [-0.2, 0) is 4.79 Å². The summed E-state index contributed by atoms with van der Waals surface area (Å²) in [5.41, 5.74) is 4.46. The second kappa shape index (κ2) is 11.0. The smallest absolute Gasteiger partial charge is 0.250 e. The summed E-state index contributed by atoms with van der Waals surface area (Å²) in [6, 6.07) is 19.6. The van der Waals surface area contributed by atoms with Gasteiger partial charge in [0.25, 0.3) is 0 Å². The number of anilines is 1. The van der Waals surface area contributed by atoms with Gasteiger partial charge < -0.3 is 14.2 Å². The first kappa shape index (κ1) is 26.0. The van der Waals surface area contributed by atoms with Crippen LogP contribution in [0.3, 0.4) is 0 Å². The van der Waals surface area contributed by atoms with Crippen molar-refractivity contribution < 1.29 is 13.6 Å². The maximum absolute atomic E-state index is 12.4. The van der Waals surface area contributed by atoms with Crippen molar-refractivity contribution in [3.63, 3.8) is 0 Å². The number of furan rings is 1. The summed E-state index contributed by atoms with van der Waals surface area (Å²) in [7, 11) is 0. The molecule has 2 heterocycles. The molecule has 38 heavy (non-hydrogen) atoms. The first-order valence-corrected chi connectivity index (χ1v) is 12.8. The van der Waals surface area contributed by atoms with Crippen molar-refractivity contribution in [2.75, 3.05) is 5.32 Å². The van der Waals surface area contributed by atoms with Gasteiger partial charge in [0, 0.05) is 27.2 Å². The Bertz CT molecular complexity index is 1700. The van der Waals surface area contributed by atoms with E-state index in [1.165, 1.54) is 12.2 Å². The van der Waals surface area contributed by atoms with E-state index in [4.69, 9.17) is 55.9 Å². The Balaban J connectivity index is 1.24. The van der Waals surface area contributed by atoms with Crippen molar-refractivity contribution in [1.29, 1.82) is 0 Å². The standard InChI is InChI=1S/C28H18Cl3N3O3S/c1-15-2-7-25-23(10-15)32-27(37-25)16-3-6-21(31)22(13-16)33-28(38)34-26(35)9-5-20-4-8-24(36-20)17-11-18(29)14-19(30)12-17/h2-14H,1H3,(H2,33,34,35,38)/b9-5+. The summed E-state index contributed by atoms with van der Waals surface area (Å²) in [4.78, 5) is 17.0. The molecule has 0 aliphatic rings. The third-order valence-electron chi connectivity index (χ3n) is 5.41. The Morgan fingerprint density at radius 1 is 0.921 bits per heavy atom. The number of nitrogens with zero attached hydrogens (tertiary/aromatic N) is 1. The Morgan fingerprint density at radius 3 is 2.50 bits per heavy atom. The SMILES string of the molecule is Cc1ccc2oc(-c3ccc(Cl)c(NC(=S)NC(=O)/C=C/c4ccc(-c5cc(Cl)cc(Cl)c5)o4)c3)nc2c1. The van der Waals surface area contributed by atoms with Crippen LogP contribution in [-0.4, -0.2) is 16.0 Å². The summed E-state index contributed by atoms with van der Waals surface area (Å²) in [5, 5.41) is 7.01. The van der Waals surface area contributed by atoms with Gasteiger partial charge in [0.05, 0.1) is 10.7 Å². The summed E-state index contributed by atoms with van der Waals surface area (Å²) < 4.78 is 11.6. The van der Waals surface area contributed by atoms with Crippen LogP contribution < -0.4 is 10.6 Å². The number of carbonyl (C=O) groups excluding carboxylic acids is 1. The Morgan fingerprint density at radius 2 is 1.71 bits per heavy atom. The first-order valence-electron chi connectivity index (χ1n) is 11.3. The highest BCUT2D eigenvalue weighted by Crippen LogP contribution is 2.31. The zero-order valence-electron chi connectivity index (χ0n) is 19.7. The lowest BCUT2D eigenvalue weighted by molar-refractivity contribution is -0.115. The molecule has 0 spiro atoms. The van der Waals surface area contributed by atoms with Gasteiger partial charge in [-0.25, -0.2) is 4.98 Å². The molecule has 0 aliphatic carbocycles. The number of halogens is 3. The number of benzene rings is 3. The van der Waals surface area contributed by atoms with E-state index >= 15 is 0 Å². The van der Waals surface area contributed by atoms with Gasteiger partial charge in [-0.15, -0.1) is 0 Å². The largest absolute Gasteiger partial charge is 0.457 e. The topological polar surface area (TPSA) is 80.3 Å². The van der Waals surface area contributed by atoms with Gasteiger partial charge in [-0.1, -0.05) is 40.9 Å². The zero-order chi connectivity index (χ0) is 26.8. The molecule has 0 bridgehead atoms. The summed E-state index contributed by atoms with van der Waals surface area (Å²) in [6.07, 6.45) is 2.83. The van der Waals surface area contributed by atoms with Crippen LogP contribution in [0.25, 0.3) is 40.0 Å². The van der Waals surface area contributed by atoms with E-state index in [1.54, 1.807) is 48.5 Å². The average Bonchev–Trinajstić information content (AvgIpc) is 3.50. The monoisotopic (exact) mass is 581 g/mol. The van der Waals surface area contributed by atoms with Crippen LogP contribution in [0.5, 0.6) is 0 Å². The summed E-state index contributed by atoms with van der Waals surface area (Å²) in [5.74, 6) is 1.03. The van der Waals surface area contributed by atoms with Crippen molar-refractivity contribution >= 4 is 80.9 Å². The molecule has 2 N–H and O–H groups in total. The molecular weight excluding hydrogens is 565 g/mol. The minimum atomic E-state index is -0.451. The van der Waals surface area contributed by atoms with E-state index in [1.807, 2.05) is 25.1 Å². The normalized spacial score (nSPS) is 11.3. The van der Waals surface area contributed by atoms with Gasteiger partial charge in [-0.05, 0) is 91.4 Å². The molecule has 2 aromatic heterocycles. The van der Waals surface area contributed by atoms with Crippen molar-refractivity contribution in [1.82, 2.24) is 10.3 Å². The van der Waals surface area contributed by atoms with Crippen molar-refractivity contribution in [2.24, 2.45) is 0 Å². The Labute approximate surface area is 238 Å². The molecule has 3 aromatic carbocycles. The molecule has 6 nitrogen and oxygen atoms in total. The van der Waals surface area contributed by atoms with Crippen molar-refractivity contribution in [3.05, 3.63) is 99.2 Å². The lowest BCUT2D eigenvalue weighted by atomic mass is 10.2. The number of aromatic nitrogens is 1. The number of hydrogen-bond donors (Lipinski definition) is 2. The number of hydrogen-bond acceptors (Lipinski definition) is 5. The summed E-state index contributed by atoms with van der Waals surface area (Å²) in [6.45, 7) is 1.99. The molecule has 0 aliphatic heterocycles. The van der Waals surface area contributed by atoms with Crippen LogP contribution in [0.1, 0.15) is 11.3 Å². The van der Waals surface area contributed by atoms with Crippen molar-refractivity contribution in [2.45, 2.75) is 6.92 Å². The van der Waals surface area contributed by atoms with Gasteiger partial charge in [0.15, 0.2) is 10.7 Å². The van der Waals surface area contributed by atoms with Gasteiger partial charge in [-0.3, -0.25) is 10.1 Å². The third kappa shape index (κ3) is 6.09. The Hall–Kier alpha value is -3.62. The molecule has 1 amide bonds. The fourth-order valence-corrected chi connectivity index (χ4v) is 4.58. The maximum Gasteiger partial charge on any atom is 0.250 e. The lowest BCUT2D eigenvalue weighted by Gasteiger charge is -2.10. The molecule has 5 aromatic rings. The van der Waals surface area contributed by atoms with E-state index in [0.717, 1.165) is 16.6 Å². The molecule has 0 saturated heterocycles. The molecule has 0 unspecified atom stereocenters. The number of carbonyl (C=O) groups is 1. The number of aryl methyl sites for hydroxylation is 1. The number of oxazole rings is 1. The third-order valence-corrected chi connectivity index (χ3v) is 6.38. The highest BCUT2D eigenvalue weighted by atomic mass is 35.5. The van der Waals surface area contributed by atoms with Crippen LogP contribution in [0.2, 0.25) is 15.1 Å². The zero-order valence-corrected chi connectivity index (χ0v) is 22.8. The minimum absolute atomic E-state index is 0.0700. The van der Waals surface area contributed by atoms with E-state index in [0.29, 0.717) is 49.3 Å². The number of amides is 1. The molecule has 0 atom stereocenters. The highest BCUT2D eigenvalue weighted by Gasteiger charge is 2.12. The van der Waals surface area contributed by atoms with E-state index in [-0.39, 0.29) is 5.11 Å². The van der Waals surface area contributed by atoms with Gasteiger partial charge in [-0.2, -0.15) is 0 Å². The number of rotatable bonds is 5. The fourth-order valence-electron chi connectivity index (χ4n) is 3.67. The first-order chi connectivity index (χ1) is 18.2. The molecule has 0 saturated carbocycles. The Kier molecular flexibility index (Phi) is 7.53. The second-order valence-electron chi connectivity index (χ2n) is 8.32. The van der Waals surface area contributed by atoms with Crippen LogP contribution in [0.4, 0.5) is 5.69 Å².